The second-order valence-electron chi connectivity index (χ2n) is 3.40. The largest absolute Gasteiger partial charge is 0.488 e. The number of ether oxygens (including phenoxy) is 1. The van der Waals surface area contributed by atoms with E-state index in [2.05, 4.69) is 36.0 Å². The molecule has 2 amide bonds. The number of hydrogen-bond acceptors (Lipinski definition) is 3. The van der Waals surface area contributed by atoms with Crippen molar-refractivity contribution >= 4 is 18.8 Å². The molecule has 1 heterocycles. The molecule has 1 unspecified atom stereocenters. The fourth-order valence-corrected chi connectivity index (χ4v) is 1.60. The van der Waals surface area contributed by atoms with Gasteiger partial charge in [-0.15, -0.1) is 0 Å². The molecule has 5 heteroatoms. The summed E-state index contributed by atoms with van der Waals surface area (Å²) in [6.45, 7) is 7.86. The first-order valence-corrected chi connectivity index (χ1v) is 5.48. The van der Waals surface area contributed by atoms with Gasteiger partial charge in [0.2, 0.25) is 0 Å². The molecule has 16 heavy (non-hydrogen) atoms. The molecule has 0 aromatic rings. The van der Waals surface area contributed by atoms with Gasteiger partial charge in [-0.25, -0.2) is 4.79 Å². The predicted octanol–water partition coefficient (Wildman–Crippen LogP) is 1.94. The molecule has 1 rings (SSSR count). The second-order valence-corrected chi connectivity index (χ2v) is 3.62. The summed E-state index contributed by atoms with van der Waals surface area (Å²) in [6, 6.07) is -0.328. The summed E-state index contributed by atoms with van der Waals surface area (Å²) >= 11 is 3.64. The molecule has 0 aliphatic carbocycles. The Morgan fingerprint density at radius 2 is 2.31 bits per heavy atom. The zero-order valence-electron chi connectivity index (χ0n) is 9.03. The lowest BCUT2D eigenvalue weighted by atomic mass is 10.0. The summed E-state index contributed by atoms with van der Waals surface area (Å²) in [5.41, 5.74) is 1.06. The van der Waals surface area contributed by atoms with Gasteiger partial charge in [-0.3, -0.25) is 4.72 Å². The van der Waals surface area contributed by atoms with E-state index >= 15 is 0 Å². The first-order chi connectivity index (χ1) is 7.71. The molecular formula is C11H16N2O2S. The van der Waals surface area contributed by atoms with Gasteiger partial charge in [0.05, 0.1) is 6.54 Å². The number of carbonyl (C=O) groups excluding carboxylic acids is 1. The van der Waals surface area contributed by atoms with E-state index in [0.29, 0.717) is 6.54 Å². The number of rotatable bonds is 4. The molecule has 1 aliphatic heterocycles. The normalized spacial score (nSPS) is 19.7. The van der Waals surface area contributed by atoms with Crippen LogP contribution in [0.2, 0.25) is 0 Å². The Morgan fingerprint density at radius 3 is 2.88 bits per heavy atom. The van der Waals surface area contributed by atoms with Crippen LogP contribution in [0, 0.1) is 0 Å². The van der Waals surface area contributed by atoms with E-state index in [-0.39, 0.29) is 12.1 Å². The molecule has 1 aliphatic rings. The standard InChI is InChI=1S/C11H16N2O2S/c1-3-8-5-6-9(15-10(8)4-2)7-12-11(14)13-16/h3-4,9,16H,1-2,5-7H2,(H2,12,13,14). The summed E-state index contributed by atoms with van der Waals surface area (Å²) in [6.07, 6.45) is 5.16. The molecule has 0 radical (unpaired) electrons. The van der Waals surface area contributed by atoms with Crippen LogP contribution in [0.1, 0.15) is 12.8 Å². The van der Waals surface area contributed by atoms with E-state index in [9.17, 15) is 4.79 Å². The van der Waals surface area contributed by atoms with Gasteiger partial charge >= 0.3 is 6.03 Å². The number of thiol groups is 1. The van der Waals surface area contributed by atoms with Crippen LogP contribution >= 0.6 is 12.8 Å². The Hall–Kier alpha value is -1.36. The summed E-state index contributed by atoms with van der Waals surface area (Å²) in [5, 5.41) is 2.65. The summed E-state index contributed by atoms with van der Waals surface area (Å²) in [4.78, 5) is 10.9. The molecular weight excluding hydrogens is 224 g/mol. The Labute approximate surface area is 101 Å². The monoisotopic (exact) mass is 240 g/mol. The molecule has 0 saturated carbocycles. The lowest BCUT2D eigenvalue weighted by Crippen LogP contribution is -2.38. The van der Waals surface area contributed by atoms with E-state index in [1.54, 1.807) is 12.2 Å². The maximum absolute atomic E-state index is 10.9. The minimum atomic E-state index is -0.328. The predicted molar refractivity (Wildman–Crippen MR) is 67.0 cm³/mol. The zero-order chi connectivity index (χ0) is 12.0. The Bertz CT molecular complexity index is 326. The fourth-order valence-electron chi connectivity index (χ4n) is 1.53. The summed E-state index contributed by atoms with van der Waals surface area (Å²) in [7, 11) is 0. The summed E-state index contributed by atoms with van der Waals surface area (Å²) in [5.74, 6) is 0.749. The van der Waals surface area contributed by atoms with Gasteiger partial charge in [0.25, 0.3) is 0 Å². The van der Waals surface area contributed by atoms with Crippen LogP contribution in [-0.4, -0.2) is 18.7 Å². The van der Waals surface area contributed by atoms with Crippen molar-refractivity contribution in [1.82, 2.24) is 10.0 Å². The van der Waals surface area contributed by atoms with E-state index < -0.39 is 0 Å². The number of allylic oxidation sites excluding steroid dienone is 3. The summed E-state index contributed by atoms with van der Waals surface area (Å²) < 4.78 is 7.85. The van der Waals surface area contributed by atoms with Gasteiger partial charge in [-0.1, -0.05) is 32.0 Å². The van der Waals surface area contributed by atoms with Crippen LogP contribution < -0.4 is 10.0 Å². The van der Waals surface area contributed by atoms with Crippen molar-refractivity contribution in [3.05, 3.63) is 36.6 Å². The van der Waals surface area contributed by atoms with E-state index in [4.69, 9.17) is 4.74 Å². The van der Waals surface area contributed by atoms with Crippen LogP contribution in [0.5, 0.6) is 0 Å². The van der Waals surface area contributed by atoms with Crippen LogP contribution in [0.3, 0.4) is 0 Å². The van der Waals surface area contributed by atoms with Crippen molar-refractivity contribution in [1.29, 1.82) is 0 Å². The fraction of sp³-hybridized carbons (Fsp3) is 0.364. The average Bonchev–Trinajstić information content (AvgIpc) is 2.35. The molecule has 1 atom stereocenters. The molecule has 0 fully saturated rings. The Morgan fingerprint density at radius 1 is 1.56 bits per heavy atom. The highest BCUT2D eigenvalue weighted by atomic mass is 32.1. The van der Waals surface area contributed by atoms with Gasteiger partial charge in [-0.2, -0.15) is 0 Å². The topological polar surface area (TPSA) is 50.4 Å². The van der Waals surface area contributed by atoms with Crippen molar-refractivity contribution in [2.45, 2.75) is 18.9 Å². The third-order valence-corrected chi connectivity index (χ3v) is 2.57. The van der Waals surface area contributed by atoms with Crippen LogP contribution in [0.15, 0.2) is 36.6 Å². The highest BCUT2D eigenvalue weighted by Crippen LogP contribution is 2.24. The highest BCUT2D eigenvalue weighted by Gasteiger charge is 2.19. The molecule has 0 bridgehead atoms. The molecule has 0 spiro atoms. The average molecular weight is 240 g/mol. The van der Waals surface area contributed by atoms with Gasteiger partial charge in [0, 0.05) is 0 Å². The van der Waals surface area contributed by atoms with Gasteiger partial charge in [0.1, 0.15) is 11.9 Å². The second kappa shape index (κ2) is 6.27. The maximum atomic E-state index is 10.9. The minimum Gasteiger partial charge on any atom is -0.488 e. The number of hydrogen-bond donors (Lipinski definition) is 3. The van der Waals surface area contributed by atoms with Gasteiger partial charge in [-0.05, 0) is 24.5 Å². The van der Waals surface area contributed by atoms with E-state index in [1.807, 2.05) is 0 Å². The zero-order valence-corrected chi connectivity index (χ0v) is 9.93. The molecule has 0 saturated heterocycles. The van der Waals surface area contributed by atoms with Gasteiger partial charge in [0.15, 0.2) is 0 Å². The molecule has 0 aromatic carbocycles. The first-order valence-electron chi connectivity index (χ1n) is 5.04. The van der Waals surface area contributed by atoms with E-state index in [0.717, 1.165) is 24.2 Å². The third kappa shape index (κ3) is 3.34. The maximum Gasteiger partial charge on any atom is 0.324 e. The molecule has 2 N–H and O–H groups in total. The number of urea groups is 1. The quantitative estimate of drug-likeness (QED) is 0.658. The van der Waals surface area contributed by atoms with Gasteiger partial charge < -0.3 is 10.1 Å². The number of carbonyl (C=O) groups is 1. The highest BCUT2D eigenvalue weighted by molar-refractivity contribution is 7.78. The number of amides is 2. The first kappa shape index (κ1) is 12.7. The Balaban J connectivity index is 2.50. The van der Waals surface area contributed by atoms with Crippen molar-refractivity contribution in [2.24, 2.45) is 0 Å². The molecule has 0 aromatic heterocycles. The molecule has 4 nitrogen and oxygen atoms in total. The lowest BCUT2D eigenvalue weighted by Gasteiger charge is -2.26. The third-order valence-electron chi connectivity index (χ3n) is 2.37. The van der Waals surface area contributed by atoms with Crippen LogP contribution in [0.25, 0.3) is 0 Å². The minimum absolute atomic E-state index is 0.0256. The van der Waals surface area contributed by atoms with Crippen molar-refractivity contribution in [2.75, 3.05) is 6.54 Å². The van der Waals surface area contributed by atoms with Crippen molar-refractivity contribution in [3.63, 3.8) is 0 Å². The number of nitrogens with one attached hydrogen (secondary N) is 2. The smallest absolute Gasteiger partial charge is 0.324 e. The lowest BCUT2D eigenvalue weighted by molar-refractivity contribution is 0.102. The Kier molecular flexibility index (Phi) is 4.98. The van der Waals surface area contributed by atoms with Crippen molar-refractivity contribution < 1.29 is 9.53 Å². The van der Waals surface area contributed by atoms with Crippen molar-refractivity contribution in [3.8, 4) is 0 Å². The van der Waals surface area contributed by atoms with E-state index in [1.165, 1.54) is 0 Å². The van der Waals surface area contributed by atoms with Crippen LogP contribution in [0.4, 0.5) is 4.79 Å². The molecule has 88 valence electrons. The van der Waals surface area contributed by atoms with Crippen LogP contribution in [-0.2, 0) is 4.74 Å². The SMILES string of the molecule is C=CC1=C(C=C)OC(CNC(=O)NS)CC1.